The summed E-state index contributed by atoms with van der Waals surface area (Å²) < 4.78 is 0. The molecule has 0 spiro atoms. The quantitative estimate of drug-likeness (QED) is 0.759. The van der Waals surface area contributed by atoms with Crippen molar-refractivity contribution in [1.82, 2.24) is 10.2 Å². The molecule has 3 nitrogen and oxygen atoms in total. The second-order valence-corrected chi connectivity index (χ2v) is 7.55. The van der Waals surface area contributed by atoms with Crippen LogP contribution in [0.5, 0.6) is 0 Å². The van der Waals surface area contributed by atoms with Crippen LogP contribution in [0.3, 0.4) is 0 Å². The fourth-order valence-corrected chi connectivity index (χ4v) is 3.84. The topological polar surface area (TPSA) is 32.3 Å². The molecule has 1 saturated heterocycles. The summed E-state index contributed by atoms with van der Waals surface area (Å²) >= 11 is 0. The van der Waals surface area contributed by atoms with Crippen LogP contribution >= 0.6 is 0 Å². The van der Waals surface area contributed by atoms with Crippen LogP contribution < -0.4 is 5.32 Å². The summed E-state index contributed by atoms with van der Waals surface area (Å²) in [5.74, 6) is 1.61. The number of carbonyl (C=O) groups is 1. The third-order valence-corrected chi connectivity index (χ3v) is 4.98. The van der Waals surface area contributed by atoms with Crippen molar-refractivity contribution in [2.24, 2.45) is 11.8 Å². The monoisotopic (exact) mass is 294 g/mol. The van der Waals surface area contributed by atoms with Crippen LogP contribution in [-0.2, 0) is 4.79 Å². The molecule has 2 fully saturated rings. The Balaban J connectivity index is 1.85. The molecule has 3 heteroatoms. The molecule has 1 aliphatic heterocycles. The molecule has 2 aliphatic rings. The third kappa shape index (κ3) is 5.98. The smallest absolute Gasteiger partial charge is 0.222 e. The number of hydrogen-bond acceptors (Lipinski definition) is 2. The van der Waals surface area contributed by atoms with E-state index in [9.17, 15) is 4.79 Å². The lowest BCUT2D eigenvalue weighted by Gasteiger charge is -2.29. The van der Waals surface area contributed by atoms with Crippen molar-refractivity contribution in [3.8, 4) is 0 Å². The first-order valence-corrected chi connectivity index (χ1v) is 9.16. The predicted octanol–water partition coefficient (Wildman–Crippen LogP) is 3.58. The van der Waals surface area contributed by atoms with Crippen molar-refractivity contribution >= 4 is 5.91 Å². The van der Waals surface area contributed by atoms with Crippen molar-refractivity contribution < 1.29 is 4.79 Å². The van der Waals surface area contributed by atoms with Gasteiger partial charge in [0.25, 0.3) is 0 Å². The van der Waals surface area contributed by atoms with Gasteiger partial charge in [0.1, 0.15) is 0 Å². The highest BCUT2D eigenvalue weighted by atomic mass is 16.2. The lowest BCUT2D eigenvalue weighted by Crippen LogP contribution is -2.43. The number of nitrogens with one attached hydrogen (secondary N) is 1. The highest BCUT2D eigenvalue weighted by Gasteiger charge is 2.24. The number of rotatable bonds is 6. The molecule has 1 amide bonds. The van der Waals surface area contributed by atoms with Crippen LogP contribution in [0.2, 0.25) is 0 Å². The zero-order valence-electron chi connectivity index (χ0n) is 14.1. The molecule has 1 saturated carbocycles. The van der Waals surface area contributed by atoms with Crippen molar-refractivity contribution in [2.75, 3.05) is 19.6 Å². The Morgan fingerprint density at radius 2 is 1.81 bits per heavy atom. The lowest BCUT2D eigenvalue weighted by molar-refractivity contribution is -0.133. The van der Waals surface area contributed by atoms with Gasteiger partial charge in [0.05, 0.1) is 0 Å². The standard InChI is InChI=1S/C18H34N2O/c1-15(2)13-20(14-17-10-7-11-19-17)18(21)12-16-8-5-3-4-6-9-16/h15-17,19H,3-14H2,1-2H3. The van der Waals surface area contributed by atoms with Crippen molar-refractivity contribution in [3.63, 3.8) is 0 Å². The Morgan fingerprint density at radius 1 is 1.10 bits per heavy atom. The molecule has 0 aromatic rings. The maximum Gasteiger partial charge on any atom is 0.222 e. The summed E-state index contributed by atoms with van der Waals surface area (Å²) in [5, 5.41) is 3.53. The van der Waals surface area contributed by atoms with E-state index in [1.807, 2.05) is 0 Å². The Morgan fingerprint density at radius 3 is 2.38 bits per heavy atom. The van der Waals surface area contributed by atoms with Gasteiger partial charge in [-0.1, -0.05) is 39.5 Å². The summed E-state index contributed by atoms with van der Waals surface area (Å²) in [7, 11) is 0. The van der Waals surface area contributed by atoms with E-state index < -0.39 is 0 Å². The number of amides is 1. The number of nitrogens with zero attached hydrogens (tertiary/aromatic N) is 1. The average molecular weight is 294 g/mol. The molecule has 2 rings (SSSR count). The summed E-state index contributed by atoms with van der Waals surface area (Å²) in [6.07, 6.45) is 11.2. The SMILES string of the molecule is CC(C)CN(CC1CCCN1)C(=O)CC1CCCCCC1. The summed E-state index contributed by atoms with van der Waals surface area (Å²) in [6, 6.07) is 0.529. The second-order valence-electron chi connectivity index (χ2n) is 7.55. The molecule has 1 unspecified atom stereocenters. The van der Waals surface area contributed by atoms with Crippen molar-refractivity contribution in [1.29, 1.82) is 0 Å². The fraction of sp³-hybridized carbons (Fsp3) is 0.944. The predicted molar refractivity (Wildman–Crippen MR) is 88.3 cm³/mol. The second kappa shape index (κ2) is 8.77. The Labute approximate surface area is 130 Å². The Kier molecular flexibility index (Phi) is 7.01. The van der Waals surface area contributed by atoms with E-state index in [0.717, 1.165) is 26.1 Å². The Bertz CT molecular complexity index is 302. The summed E-state index contributed by atoms with van der Waals surface area (Å²) in [6.45, 7) is 7.40. The van der Waals surface area contributed by atoms with Gasteiger partial charge in [-0.25, -0.2) is 0 Å². The molecular weight excluding hydrogens is 260 g/mol. The normalized spacial score (nSPS) is 24.2. The van der Waals surface area contributed by atoms with Crippen LogP contribution in [-0.4, -0.2) is 36.5 Å². The van der Waals surface area contributed by atoms with Crippen LogP contribution in [0.15, 0.2) is 0 Å². The highest BCUT2D eigenvalue weighted by molar-refractivity contribution is 5.76. The van der Waals surface area contributed by atoms with E-state index >= 15 is 0 Å². The molecule has 21 heavy (non-hydrogen) atoms. The summed E-state index contributed by atoms with van der Waals surface area (Å²) in [5.41, 5.74) is 0. The molecular formula is C18H34N2O. The minimum absolute atomic E-state index is 0.407. The van der Waals surface area contributed by atoms with Gasteiger partial charge in [-0.15, -0.1) is 0 Å². The third-order valence-electron chi connectivity index (χ3n) is 4.98. The molecule has 0 radical (unpaired) electrons. The van der Waals surface area contributed by atoms with Gasteiger partial charge in [-0.2, -0.15) is 0 Å². The van der Waals surface area contributed by atoms with Crippen LogP contribution in [0.1, 0.15) is 71.6 Å². The van der Waals surface area contributed by atoms with Gasteiger partial charge in [0, 0.05) is 25.6 Å². The van der Waals surface area contributed by atoms with Gasteiger partial charge in [-0.05, 0) is 44.1 Å². The van der Waals surface area contributed by atoms with E-state index in [-0.39, 0.29) is 0 Å². The van der Waals surface area contributed by atoms with Crippen LogP contribution in [0, 0.1) is 11.8 Å². The van der Waals surface area contributed by atoms with Crippen LogP contribution in [0.25, 0.3) is 0 Å². The molecule has 0 bridgehead atoms. The molecule has 122 valence electrons. The van der Waals surface area contributed by atoms with Crippen LogP contribution in [0.4, 0.5) is 0 Å². The van der Waals surface area contributed by atoms with E-state index in [1.165, 1.54) is 51.4 Å². The number of carbonyl (C=O) groups excluding carboxylic acids is 1. The van der Waals surface area contributed by atoms with E-state index in [2.05, 4.69) is 24.1 Å². The van der Waals surface area contributed by atoms with Gasteiger partial charge in [-0.3, -0.25) is 4.79 Å². The summed E-state index contributed by atoms with van der Waals surface area (Å²) in [4.78, 5) is 14.9. The van der Waals surface area contributed by atoms with Crippen molar-refractivity contribution in [2.45, 2.75) is 77.7 Å². The molecule has 1 atom stereocenters. The minimum Gasteiger partial charge on any atom is -0.341 e. The first-order valence-electron chi connectivity index (χ1n) is 9.16. The minimum atomic E-state index is 0.407. The van der Waals surface area contributed by atoms with E-state index in [0.29, 0.717) is 23.8 Å². The zero-order chi connectivity index (χ0) is 15.1. The largest absolute Gasteiger partial charge is 0.341 e. The lowest BCUT2D eigenvalue weighted by atomic mass is 9.95. The molecule has 1 aliphatic carbocycles. The van der Waals surface area contributed by atoms with Crippen molar-refractivity contribution in [3.05, 3.63) is 0 Å². The maximum atomic E-state index is 12.7. The molecule has 1 N–H and O–H groups in total. The van der Waals surface area contributed by atoms with Gasteiger partial charge < -0.3 is 10.2 Å². The maximum absolute atomic E-state index is 12.7. The zero-order valence-corrected chi connectivity index (χ0v) is 14.1. The van der Waals surface area contributed by atoms with E-state index in [4.69, 9.17) is 0 Å². The molecule has 0 aromatic carbocycles. The fourth-order valence-electron chi connectivity index (χ4n) is 3.84. The van der Waals surface area contributed by atoms with E-state index in [1.54, 1.807) is 0 Å². The van der Waals surface area contributed by atoms with Gasteiger partial charge >= 0.3 is 0 Å². The average Bonchev–Trinajstić information content (AvgIpc) is 2.81. The Hall–Kier alpha value is -0.570. The molecule has 0 aromatic heterocycles. The molecule has 1 heterocycles. The highest BCUT2D eigenvalue weighted by Crippen LogP contribution is 2.26. The van der Waals surface area contributed by atoms with Gasteiger partial charge in [0.2, 0.25) is 5.91 Å². The first-order chi connectivity index (χ1) is 10.1. The van der Waals surface area contributed by atoms with Gasteiger partial charge in [0.15, 0.2) is 0 Å². The number of hydrogen-bond donors (Lipinski definition) is 1. The first kappa shape index (κ1) is 16.8.